The number of anilines is 1. The zero-order valence-corrected chi connectivity index (χ0v) is 16.8. The predicted molar refractivity (Wildman–Crippen MR) is 102 cm³/mol. The molecule has 3 aromatic heterocycles. The van der Waals surface area contributed by atoms with E-state index in [0.717, 1.165) is 10.6 Å². The van der Waals surface area contributed by atoms with Crippen LogP contribution in [0.4, 0.5) is 5.13 Å². The smallest absolute Gasteiger partial charge is 0.276 e. The molecule has 4 heterocycles. The summed E-state index contributed by atoms with van der Waals surface area (Å²) in [7, 11) is -3.72. The monoisotopic (exact) mass is 419 g/mol. The Hall–Kier alpha value is -2.63. The maximum absolute atomic E-state index is 13.0. The summed E-state index contributed by atoms with van der Waals surface area (Å²) in [4.78, 5) is 21.6. The molecule has 0 fully saturated rings. The molecule has 0 atom stereocenters. The zero-order valence-electron chi connectivity index (χ0n) is 15.2. The van der Waals surface area contributed by atoms with E-state index in [9.17, 15) is 13.2 Å². The van der Waals surface area contributed by atoms with Crippen LogP contribution in [0, 0.1) is 13.8 Å². The highest BCUT2D eigenvalue weighted by Crippen LogP contribution is 2.32. The molecule has 0 unspecified atom stereocenters. The Bertz CT molecular complexity index is 1120. The van der Waals surface area contributed by atoms with Crippen LogP contribution in [-0.4, -0.2) is 40.3 Å². The number of nitrogens with one attached hydrogen (secondary N) is 1. The molecule has 0 spiro atoms. The molecule has 1 N–H and O–H groups in total. The van der Waals surface area contributed by atoms with E-state index in [1.165, 1.54) is 15.6 Å². The van der Waals surface area contributed by atoms with Crippen LogP contribution in [0.15, 0.2) is 33.8 Å². The van der Waals surface area contributed by atoms with E-state index in [1.54, 1.807) is 38.2 Å². The maximum atomic E-state index is 13.0. The fourth-order valence-corrected chi connectivity index (χ4v) is 5.86. The first-order chi connectivity index (χ1) is 13.4. The van der Waals surface area contributed by atoms with Crippen LogP contribution in [0.2, 0.25) is 0 Å². The van der Waals surface area contributed by atoms with E-state index >= 15 is 0 Å². The van der Waals surface area contributed by atoms with E-state index in [-0.39, 0.29) is 23.1 Å². The Morgan fingerprint density at radius 3 is 2.82 bits per heavy atom. The number of amides is 1. The van der Waals surface area contributed by atoms with Gasteiger partial charge >= 0.3 is 0 Å². The van der Waals surface area contributed by atoms with Crippen LogP contribution < -0.4 is 5.32 Å². The lowest BCUT2D eigenvalue weighted by Crippen LogP contribution is -2.36. The minimum absolute atomic E-state index is 0.115. The molecule has 0 bridgehead atoms. The molecule has 0 aliphatic carbocycles. The number of sulfonamides is 1. The number of aromatic nitrogens is 3. The lowest BCUT2D eigenvalue weighted by Gasteiger charge is -2.25. The Balaban J connectivity index is 1.54. The van der Waals surface area contributed by atoms with Crippen LogP contribution in [-0.2, 0) is 23.0 Å². The van der Waals surface area contributed by atoms with Crippen LogP contribution >= 0.6 is 11.3 Å². The Labute approximate surface area is 165 Å². The number of hydrogen-bond donors (Lipinski definition) is 1. The molecule has 0 saturated heterocycles. The fourth-order valence-electron chi connectivity index (χ4n) is 3.06. The van der Waals surface area contributed by atoms with Crippen molar-refractivity contribution in [3.8, 4) is 0 Å². The van der Waals surface area contributed by atoms with Gasteiger partial charge in [-0.1, -0.05) is 11.2 Å². The second-order valence-electron chi connectivity index (χ2n) is 6.30. The second-order valence-corrected chi connectivity index (χ2v) is 9.26. The lowest BCUT2D eigenvalue weighted by molar-refractivity contribution is 0.102. The lowest BCUT2D eigenvalue weighted by atomic mass is 10.2. The van der Waals surface area contributed by atoms with Crippen molar-refractivity contribution in [3.63, 3.8) is 0 Å². The maximum Gasteiger partial charge on any atom is 0.276 e. The Kier molecular flexibility index (Phi) is 4.73. The molecule has 9 nitrogen and oxygen atoms in total. The molecule has 4 rings (SSSR count). The minimum atomic E-state index is -3.72. The normalized spacial score (nSPS) is 14.6. The third kappa shape index (κ3) is 3.32. The zero-order chi connectivity index (χ0) is 19.9. The van der Waals surface area contributed by atoms with Gasteiger partial charge in [0.2, 0.25) is 10.0 Å². The molecule has 3 aromatic rings. The quantitative estimate of drug-likeness (QED) is 0.688. The number of carbonyl (C=O) groups is 1. The van der Waals surface area contributed by atoms with Crippen LogP contribution in [0.5, 0.6) is 0 Å². The van der Waals surface area contributed by atoms with Crippen molar-refractivity contribution >= 4 is 32.4 Å². The first-order valence-corrected chi connectivity index (χ1v) is 10.8. The Morgan fingerprint density at radius 2 is 2.14 bits per heavy atom. The van der Waals surface area contributed by atoms with Gasteiger partial charge in [0.15, 0.2) is 10.9 Å². The third-order valence-corrected chi connectivity index (χ3v) is 7.47. The van der Waals surface area contributed by atoms with E-state index in [4.69, 9.17) is 4.52 Å². The highest BCUT2D eigenvalue weighted by Gasteiger charge is 2.34. The van der Waals surface area contributed by atoms with Gasteiger partial charge in [-0.25, -0.2) is 13.4 Å². The molecule has 1 aliphatic heterocycles. The summed E-state index contributed by atoms with van der Waals surface area (Å²) in [5.74, 6) is -0.0807. The average Bonchev–Trinajstić information content (AvgIpc) is 3.23. The SMILES string of the molecule is Cc1noc(C)c1S(=O)(=O)N1CCc2nc(NC(=O)c3ccccn3)sc2C1. The predicted octanol–water partition coefficient (Wildman–Crippen LogP) is 2.14. The van der Waals surface area contributed by atoms with E-state index in [1.807, 2.05) is 0 Å². The number of thiazole rings is 1. The van der Waals surface area contributed by atoms with E-state index in [2.05, 4.69) is 20.4 Å². The minimum Gasteiger partial charge on any atom is -0.360 e. The van der Waals surface area contributed by atoms with Crippen molar-refractivity contribution in [2.75, 3.05) is 11.9 Å². The largest absolute Gasteiger partial charge is 0.360 e. The third-order valence-electron chi connectivity index (χ3n) is 4.38. The summed E-state index contributed by atoms with van der Waals surface area (Å²) < 4.78 is 32.4. The van der Waals surface area contributed by atoms with Crippen molar-refractivity contribution in [1.29, 1.82) is 0 Å². The molecule has 146 valence electrons. The van der Waals surface area contributed by atoms with Crippen molar-refractivity contribution in [2.45, 2.75) is 31.7 Å². The topological polar surface area (TPSA) is 118 Å². The van der Waals surface area contributed by atoms with Gasteiger partial charge in [0.1, 0.15) is 16.3 Å². The summed E-state index contributed by atoms with van der Waals surface area (Å²) in [5.41, 5.74) is 1.43. The highest BCUT2D eigenvalue weighted by atomic mass is 32.2. The van der Waals surface area contributed by atoms with Gasteiger partial charge in [0, 0.05) is 24.0 Å². The average molecular weight is 419 g/mol. The van der Waals surface area contributed by atoms with Gasteiger partial charge in [-0.2, -0.15) is 4.31 Å². The van der Waals surface area contributed by atoms with Gasteiger partial charge in [-0.15, -0.1) is 11.3 Å². The number of fused-ring (bicyclic) bond motifs is 1. The van der Waals surface area contributed by atoms with Crippen molar-refractivity contribution < 1.29 is 17.7 Å². The van der Waals surface area contributed by atoms with Gasteiger partial charge < -0.3 is 4.52 Å². The van der Waals surface area contributed by atoms with E-state index in [0.29, 0.717) is 29.5 Å². The van der Waals surface area contributed by atoms with E-state index < -0.39 is 10.0 Å². The first-order valence-electron chi connectivity index (χ1n) is 8.50. The van der Waals surface area contributed by atoms with Gasteiger partial charge in [0.25, 0.3) is 5.91 Å². The molecule has 1 amide bonds. The molecular weight excluding hydrogens is 402 g/mol. The number of carbonyl (C=O) groups excluding carboxylic acids is 1. The number of hydrogen-bond acceptors (Lipinski definition) is 8. The van der Waals surface area contributed by atoms with Crippen LogP contribution in [0.3, 0.4) is 0 Å². The molecule has 28 heavy (non-hydrogen) atoms. The molecule has 0 radical (unpaired) electrons. The van der Waals surface area contributed by atoms with Crippen molar-refractivity contribution in [2.24, 2.45) is 0 Å². The summed E-state index contributed by atoms with van der Waals surface area (Å²) in [6.07, 6.45) is 2.01. The standard InChI is InChI=1S/C17H17N5O4S2/c1-10-15(11(2)26-21-10)28(24,25)22-8-6-12-14(9-22)27-17(19-12)20-16(23)13-5-3-4-7-18-13/h3-5,7H,6,8-9H2,1-2H3,(H,19,20,23). The van der Waals surface area contributed by atoms with Crippen LogP contribution in [0.25, 0.3) is 0 Å². The first kappa shape index (κ1) is 18.7. The molecule has 1 aliphatic rings. The molecule has 11 heteroatoms. The summed E-state index contributed by atoms with van der Waals surface area (Å²) in [5, 5.41) is 6.90. The summed E-state index contributed by atoms with van der Waals surface area (Å²) >= 11 is 1.27. The number of rotatable bonds is 4. The van der Waals surface area contributed by atoms with Crippen LogP contribution in [0.1, 0.15) is 32.5 Å². The molecular formula is C17H17N5O4S2. The molecule has 0 saturated carbocycles. The Morgan fingerprint density at radius 1 is 1.32 bits per heavy atom. The van der Waals surface area contributed by atoms with Crippen molar-refractivity contribution in [1.82, 2.24) is 19.4 Å². The second kappa shape index (κ2) is 7.08. The fraction of sp³-hybridized carbons (Fsp3) is 0.294. The van der Waals surface area contributed by atoms with Gasteiger partial charge in [-0.3, -0.25) is 15.1 Å². The number of pyridine rings is 1. The number of nitrogens with zero attached hydrogens (tertiary/aromatic N) is 4. The summed E-state index contributed by atoms with van der Waals surface area (Å²) in [6.45, 7) is 3.69. The number of aryl methyl sites for hydroxylation is 2. The van der Waals surface area contributed by atoms with Crippen molar-refractivity contribution in [3.05, 3.63) is 52.1 Å². The highest BCUT2D eigenvalue weighted by molar-refractivity contribution is 7.89. The van der Waals surface area contributed by atoms with Gasteiger partial charge in [0.05, 0.1) is 12.2 Å². The summed E-state index contributed by atoms with van der Waals surface area (Å²) in [6, 6.07) is 5.07. The van der Waals surface area contributed by atoms with Gasteiger partial charge in [-0.05, 0) is 26.0 Å². The molecule has 0 aromatic carbocycles.